The molecule has 0 spiro atoms. The van der Waals surface area contributed by atoms with Gasteiger partial charge in [0.25, 0.3) is 0 Å². The number of phenols is 1. The summed E-state index contributed by atoms with van der Waals surface area (Å²) in [5.41, 5.74) is 0.187. The molecule has 3 aliphatic rings. The Bertz CT molecular complexity index is 1770. The second-order valence-corrected chi connectivity index (χ2v) is 12.7. The van der Waals surface area contributed by atoms with Crippen LogP contribution >= 0.6 is 0 Å². The van der Waals surface area contributed by atoms with E-state index in [9.17, 15) is 41.0 Å². The number of imide groups is 1. The third-order valence-corrected chi connectivity index (χ3v) is 9.35. The topological polar surface area (TPSA) is 79.7 Å². The van der Waals surface area contributed by atoms with E-state index < -0.39 is 64.8 Å². The zero-order valence-corrected chi connectivity index (χ0v) is 26.0. The average molecular weight is 671 g/mol. The van der Waals surface area contributed by atoms with Crippen LogP contribution in [0.25, 0.3) is 11.6 Å². The molecule has 0 unspecified atom stereocenters. The van der Waals surface area contributed by atoms with Crippen LogP contribution in [0, 0.1) is 23.7 Å². The van der Waals surface area contributed by atoms with Crippen molar-refractivity contribution in [1.29, 1.82) is 0 Å². The van der Waals surface area contributed by atoms with Crippen LogP contribution in [0.5, 0.6) is 5.75 Å². The number of pyridine rings is 1. The maximum atomic E-state index is 13.9. The molecule has 0 bridgehead atoms. The van der Waals surface area contributed by atoms with E-state index in [4.69, 9.17) is 4.74 Å². The van der Waals surface area contributed by atoms with Crippen molar-refractivity contribution in [2.24, 2.45) is 23.7 Å². The molecule has 2 aromatic carbocycles. The normalized spacial score (nSPS) is 23.3. The van der Waals surface area contributed by atoms with Crippen LogP contribution in [0.4, 0.5) is 32.0 Å². The molecule has 2 fully saturated rings. The minimum absolute atomic E-state index is 0.0261. The van der Waals surface area contributed by atoms with Gasteiger partial charge in [-0.1, -0.05) is 37.6 Å². The fraction of sp³-hybridized carbons (Fsp3) is 0.361. The van der Waals surface area contributed by atoms with Crippen LogP contribution in [-0.2, 0) is 26.7 Å². The van der Waals surface area contributed by atoms with Gasteiger partial charge in [0, 0.05) is 12.1 Å². The van der Waals surface area contributed by atoms with Gasteiger partial charge in [0.05, 0.1) is 47.1 Å². The van der Waals surface area contributed by atoms with E-state index >= 15 is 0 Å². The van der Waals surface area contributed by atoms with Crippen molar-refractivity contribution in [2.45, 2.75) is 51.6 Å². The molecule has 6 rings (SSSR count). The van der Waals surface area contributed by atoms with Crippen molar-refractivity contribution in [1.82, 2.24) is 4.98 Å². The number of hydrogen-bond acceptors (Lipinski definition) is 5. The number of halogens is 6. The first-order valence-corrected chi connectivity index (χ1v) is 15.6. The first-order valence-electron chi connectivity index (χ1n) is 15.6. The van der Waals surface area contributed by atoms with Gasteiger partial charge in [0.15, 0.2) is 0 Å². The molecule has 0 radical (unpaired) electrons. The van der Waals surface area contributed by atoms with Crippen molar-refractivity contribution in [3.63, 3.8) is 0 Å². The van der Waals surface area contributed by atoms with E-state index in [1.54, 1.807) is 30.5 Å². The van der Waals surface area contributed by atoms with Gasteiger partial charge in [-0.05, 0) is 90.4 Å². The summed E-state index contributed by atoms with van der Waals surface area (Å²) in [5, 5.41) is 9.99. The highest BCUT2D eigenvalue weighted by Gasteiger charge is 2.58. The Kier molecular flexibility index (Phi) is 8.74. The van der Waals surface area contributed by atoms with Gasteiger partial charge in [-0.15, -0.1) is 0 Å². The Balaban J connectivity index is 1.32. The van der Waals surface area contributed by atoms with E-state index in [1.165, 1.54) is 0 Å². The minimum Gasteiger partial charge on any atom is -0.508 e. The summed E-state index contributed by atoms with van der Waals surface area (Å²) in [6.45, 7) is 3.96. The van der Waals surface area contributed by atoms with Crippen LogP contribution in [0.15, 0.2) is 78.0 Å². The van der Waals surface area contributed by atoms with Crippen molar-refractivity contribution >= 4 is 29.2 Å². The lowest BCUT2D eigenvalue weighted by atomic mass is 9.67. The molecular weight excluding hydrogens is 638 g/mol. The van der Waals surface area contributed by atoms with E-state index in [2.05, 4.69) is 4.98 Å². The lowest BCUT2D eigenvalue weighted by Crippen LogP contribution is -2.35. The molecule has 3 aromatic rings. The Hall–Kier alpha value is -4.45. The number of rotatable bonds is 7. The fourth-order valence-corrected chi connectivity index (χ4v) is 7.21. The zero-order valence-electron chi connectivity index (χ0n) is 26.0. The van der Waals surface area contributed by atoms with Gasteiger partial charge in [-0.2, -0.15) is 26.3 Å². The number of hydrogen-bond donors (Lipinski definition) is 1. The molecule has 3 heterocycles. The Morgan fingerprint density at radius 2 is 1.67 bits per heavy atom. The SMILES string of the molecule is CC(C)C1=C2[C@@H](CC/C(=C/c3cccc(O)c3)c3ccccn3)OC[C@@H]2[C@@H]2C(=O)N(c3cc(C(F)(F)F)cc(C(F)(F)F)c3)C(=O)[C@@H]2C1. The number of anilines is 1. The summed E-state index contributed by atoms with van der Waals surface area (Å²) in [6.07, 6.45) is -5.99. The molecule has 252 valence electrons. The maximum Gasteiger partial charge on any atom is 0.416 e. The van der Waals surface area contributed by atoms with Crippen LogP contribution in [-0.4, -0.2) is 34.6 Å². The largest absolute Gasteiger partial charge is 0.508 e. The minimum atomic E-state index is -5.13. The number of alkyl halides is 6. The second kappa shape index (κ2) is 12.5. The van der Waals surface area contributed by atoms with Gasteiger partial charge in [-0.3, -0.25) is 14.6 Å². The number of ether oxygens (including phenoxy) is 1. The summed E-state index contributed by atoms with van der Waals surface area (Å²) < 4.78 is 88.2. The van der Waals surface area contributed by atoms with E-state index in [0.717, 1.165) is 28.0 Å². The van der Waals surface area contributed by atoms with Crippen LogP contribution in [0.3, 0.4) is 0 Å². The molecule has 1 N–H and O–H groups in total. The Morgan fingerprint density at radius 3 is 2.27 bits per heavy atom. The molecule has 6 nitrogen and oxygen atoms in total. The van der Waals surface area contributed by atoms with Crippen molar-refractivity contribution < 1.29 is 45.8 Å². The number of fused-ring (bicyclic) bond motifs is 3. The lowest BCUT2D eigenvalue weighted by molar-refractivity contribution is -0.143. The molecule has 48 heavy (non-hydrogen) atoms. The highest BCUT2D eigenvalue weighted by molar-refractivity contribution is 6.22. The second-order valence-electron chi connectivity index (χ2n) is 12.7. The number of phenolic OH excluding ortho intramolecular Hbond substituents is 1. The number of carbonyl (C=O) groups excluding carboxylic acids is 2. The predicted octanol–water partition coefficient (Wildman–Crippen LogP) is 8.32. The van der Waals surface area contributed by atoms with Gasteiger partial charge < -0.3 is 9.84 Å². The molecule has 0 saturated carbocycles. The molecule has 12 heteroatoms. The number of aromatic hydroxyl groups is 1. The number of benzene rings is 2. The smallest absolute Gasteiger partial charge is 0.416 e. The van der Waals surface area contributed by atoms with Crippen molar-refractivity contribution in [2.75, 3.05) is 11.5 Å². The summed E-state index contributed by atoms with van der Waals surface area (Å²) in [5.74, 6) is -4.08. The van der Waals surface area contributed by atoms with Crippen LogP contribution in [0.2, 0.25) is 0 Å². The highest BCUT2D eigenvalue weighted by atomic mass is 19.4. The predicted molar refractivity (Wildman–Crippen MR) is 165 cm³/mol. The summed E-state index contributed by atoms with van der Waals surface area (Å²) in [6, 6.07) is 13.1. The third-order valence-electron chi connectivity index (χ3n) is 9.35. The molecule has 1 aromatic heterocycles. The first-order chi connectivity index (χ1) is 22.6. The van der Waals surface area contributed by atoms with Gasteiger partial charge in [0.2, 0.25) is 11.8 Å². The molecule has 4 atom stereocenters. The maximum absolute atomic E-state index is 13.9. The molecule has 2 amide bonds. The quantitative estimate of drug-likeness (QED) is 0.155. The summed E-state index contributed by atoms with van der Waals surface area (Å²) in [4.78, 5) is 32.6. The number of aromatic nitrogens is 1. The Labute approximate surface area is 272 Å². The standard InChI is InChI=1S/C36H32F6N2O4/c1-19(2)26-17-27-32(34(47)44(33(27)46)24-15-22(35(37,38)39)14-23(16-24)36(40,41)42)28-18-48-30(31(26)28)10-9-21(29-8-3-4-11-43-29)12-20-6-5-7-25(45)13-20/h3-8,11-16,19,27-28,30,32,45H,9-10,17-18H2,1-2H3/b21-12-/t27-,28+,30-,32-/m1/s1. The number of amides is 2. The van der Waals surface area contributed by atoms with Gasteiger partial charge >= 0.3 is 12.4 Å². The van der Waals surface area contributed by atoms with E-state index in [1.807, 2.05) is 38.1 Å². The molecule has 2 aliphatic heterocycles. The van der Waals surface area contributed by atoms with Crippen molar-refractivity contribution in [3.8, 4) is 5.75 Å². The highest BCUT2D eigenvalue weighted by Crippen LogP contribution is 2.52. The average Bonchev–Trinajstić information content (AvgIpc) is 3.55. The number of allylic oxidation sites excluding steroid dienone is 2. The van der Waals surface area contributed by atoms with Gasteiger partial charge in [-0.25, -0.2) is 4.90 Å². The number of carbonyl (C=O) groups is 2. The van der Waals surface area contributed by atoms with E-state index in [0.29, 0.717) is 29.9 Å². The monoisotopic (exact) mass is 670 g/mol. The molecule has 1 aliphatic carbocycles. The lowest BCUT2D eigenvalue weighted by Gasteiger charge is -2.33. The molecule has 2 saturated heterocycles. The fourth-order valence-electron chi connectivity index (χ4n) is 7.21. The summed E-state index contributed by atoms with van der Waals surface area (Å²) >= 11 is 0. The van der Waals surface area contributed by atoms with Crippen LogP contribution in [0.1, 0.15) is 55.5 Å². The third kappa shape index (κ3) is 6.37. The van der Waals surface area contributed by atoms with Gasteiger partial charge in [0.1, 0.15) is 5.75 Å². The summed E-state index contributed by atoms with van der Waals surface area (Å²) in [7, 11) is 0. The molecular formula is C36H32F6N2O4. The first kappa shape index (κ1) is 33.5. The van der Waals surface area contributed by atoms with Crippen molar-refractivity contribution in [3.05, 3.63) is 100 Å². The van der Waals surface area contributed by atoms with Crippen LogP contribution < -0.4 is 4.90 Å². The number of nitrogens with zero attached hydrogens (tertiary/aromatic N) is 2. The van der Waals surface area contributed by atoms with E-state index in [-0.39, 0.29) is 30.8 Å². The zero-order chi connectivity index (χ0) is 34.5. The Morgan fingerprint density at radius 1 is 0.958 bits per heavy atom.